The number of nitrogens with zero attached hydrogens (tertiary/aromatic N) is 2. The Kier molecular flexibility index (Phi) is 5.44. The van der Waals surface area contributed by atoms with Crippen LogP contribution in [-0.2, 0) is 6.54 Å². The third kappa shape index (κ3) is 4.71. The number of carbonyl (C=O) groups excluding carboxylic acids is 1. The second-order valence-electron chi connectivity index (χ2n) is 4.25. The van der Waals surface area contributed by atoms with Crippen LogP contribution in [0.25, 0.3) is 0 Å². The standard InChI is InChI=1S/C16H15N3O2/c20-10-2-1-3-13-4-5-15(18-11-13)16(21)19-12-14-6-8-17-9-7-14/h4-9,11,20H,2,10,12H2,(H,19,21). The maximum Gasteiger partial charge on any atom is 0.270 e. The van der Waals surface area contributed by atoms with Crippen molar-refractivity contribution in [1.82, 2.24) is 15.3 Å². The lowest BCUT2D eigenvalue weighted by atomic mass is 10.2. The molecule has 0 unspecified atom stereocenters. The number of hydrogen-bond acceptors (Lipinski definition) is 4. The van der Waals surface area contributed by atoms with Gasteiger partial charge >= 0.3 is 0 Å². The molecule has 0 spiro atoms. The van der Waals surface area contributed by atoms with E-state index in [1.807, 2.05) is 12.1 Å². The van der Waals surface area contributed by atoms with Crippen LogP contribution in [0.5, 0.6) is 0 Å². The highest BCUT2D eigenvalue weighted by Gasteiger charge is 2.06. The topological polar surface area (TPSA) is 75.1 Å². The summed E-state index contributed by atoms with van der Waals surface area (Å²) in [4.78, 5) is 19.9. The monoisotopic (exact) mass is 281 g/mol. The van der Waals surface area contributed by atoms with Crippen LogP contribution >= 0.6 is 0 Å². The van der Waals surface area contributed by atoms with Gasteiger partial charge in [0.2, 0.25) is 0 Å². The van der Waals surface area contributed by atoms with Gasteiger partial charge in [-0.15, -0.1) is 0 Å². The number of pyridine rings is 2. The van der Waals surface area contributed by atoms with Crippen LogP contribution in [0.15, 0.2) is 42.9 Å². The lowest BCUT2D eigenvalue weighted by molar-refractivity contribution is 0.0946. The first kappa shape index (κ1) is 14.7. The Morgan fingerprint density at radius 1 is 1.24 bits per heavy atom. The molecule has 0 fully saturated rings. The van der Waals surface area contributed by atoms with Crippen molar-refractivity contribution in [3.63, 3.8) is 0 Å². The molecular formula is C16H15N3O2. The highest BCUT2D eigenvalue weighted by atomic mass is 16.2. The summed E-state index contributed by atoms with van der Waals surface area (Å²) in [6.45, 7) is 0.469. The third-order valence-corrected chi connectivity index (χ3v) is 2.67. The molecule has 21 heavy (non-hydrogen) atoms. The van der Waals surface area contributed by atoms with Crippen molar-refractivity contribution in [2.24, 2.45) is 0 Å². The molecule has 106 valence electrons. The molecule has 0 aromatic carbocycles. The van der Waals surface area contributed by atoms with E-state index in [2.05, 4.69) is 27.1 Å². The zero-order chi connectivity index (χ0) is 14.9. The second-order valence-corrected chi connectivity index (χ2v) is 4.25. The van der Waals surface area contributed by atoms with Crippen molar-refractivity contribution in [3.05, 3.63) is 59.7 Å². The summed E-state index contributed by atoms with van der Waals surface area (Å²) >= 11 is 0. The number of carbonyl (C=O) groups is 1. The van der Waals surface area contributed by atoms with Crippen LogP contribution in [0.3, 0.4) is 0 Å². The van der Waals surface area contributed by atoms with Gasteiger partial charge in [-0.1, -0.05) is 11.8 Å². The SMILES string of the molecule is O=C(NCc1ccncc1)c1ccc(C#CCCO)cn1. The Labute approximate surface area is 123 Å². The molecule has 0 saturated carbocycles. The summed E-state index contributed by atoms with van der Waals surface area (Å²) in [6.07, 6.45) is 5.33. The minimum absolute atomic E-state index is 0.0376. The van der Waals surface area contributed by atoms with Gasteiger partial charge in [-0.05, 0) is 29.8 Å². The fourth-order valence-electron chi connectivity index (χ4n) is 1.60. The number of rotatable bonds is 4. The van der Waals surface area contributed by atoms with Crippen LogP contribution in [0, 0.1) is 11.8 Å². The van der Waals surface area contributed by atoms with Gasteiger partial charge in [-0.2, -0.15) is 0 Å². The first-order chi connectivity index (χ1) is 10.3. The minimum Gasteiger partial charge on any atom is -0.395 e. The molecule has 0 aliphatic carbocycles. The summed E-state index contributed by atoms with van der Waals surface area (Å²) < 4.78 is 0. The Bertz CT molecular complexity index is 643. The van der Waals surface area contributed by atoms with Crippen LogP contribution < -0.4 is 5.32 Å². The number of amides is 1. The average molecular weight is 281 g/mol. The first-order valence-corrected chi connectivity index (χ1v) is 6.52. The molecule has 0 aliphatic rings. The fraction of sp³-hybridized carbons (Fsp3) is 0.188. The smallest absolute Gasteiger partial charge is 0.270 e. The third-order valence-electron chi connectivity index (χ3n) is 2.67. The second kappa shape index (κ2) is 7.78. The molecule has 2 aromatic heterocycles. The molecule has 2 rings (SSSR count). The van der Waals surface area contributed by atoms with E-state index in [9.17, 15) is 4.79 Å². The lowest BCUT2D eigenvalue weighted by Gasteiger charge is -2.04. The zero-order valence-electron chi connectivity index (χ0n) is 11.4. The predicted molar refractivity (Wildman–Crippen MR) is 78.2 cm³/mol. The van der Waals surface area contributed by atoms with Gasteiger partial charge < -0.3 is 10.4 Å². The number of aliphatic hydroxyl groups is 1. The summed E-state index contributed by atoms with van der Waals surface area (Å²) in [7, 11) is 0. The van der Waals surface area contributed by atoms with Crippen LogP contribution in [0.2, 0.25) is 0 Å². The highest BCUT2D eigenvalue weighted by Crippen LogP contribution is 2.01. The van der Waals surface area contributed by atoms with Crippen molar-refractivity contribution < 1.29 is 9.90 Å². The number of nitrogens with one attached hydrogen (secondary N) is 1. The van der Waals surface area contributed by atoms with Gasteiger partial charge in [-0.3, -0.25) is 9.78 Å². The van der Waals surface area contributed by atoms with Crippen molar-refractivity contribution in [3.8, 4) is 11.8 Å². The normalized spacial score (nSPS) is 9.57. The summed E-state index contributed by atoms with van der Waals surface area (Å²) in [6, 6.07) is 7.05. The summed E-state index contributed by atoms with van der Waals surface area (Å²) in [5.74, 6) is 5.42. The molecule has 2 aromatic rings. The van der Waals surface area contributed by atoms with Crippen molar-refractivity contribution >= 4 is 5.91 Å². The van der Waals surface area contributed by atoms with Crippen molar-refractivity contribution in [2.75, 3.05) is 6.61 Å². The molecule has 5 nitrogen and oxygen atoms in total. The molecule has 0 bridgehead atoms. The van der Waals surface area contributed by atoms with E-state index in [1.54, 1.807) is 30.7 Å². The van der Waals surface area contributed by atoms with Crippen LogP contribution in [0.4, 0.5) is 0 Å². The predicted octanol–water partition coefficient (Wildman–Crippen LogP) is 1.14. The van der Waals surface area contributed by atoms with Crippen molar-refractivity contribution in [2.45, 2.75) is 13.0 Å². The van der Waals surface area contributed by atoms with Gasteiger partial charge in [0.05, 0.1) is 6.61 Å². The van der Waals surface area contributed by atoms with Gasteiger partial charge in [0.25, 0.3) is 5.91 Å². The quantitative estimate of drug-likeness (QED) is 0.824. The molecule has 2 N–H and O–H groups in total. The molecule has 0 atom stereocenters. The van der Waals surface area contributed by atoms with Gasteiger partial charge in [0.15, 0.2) is 0 Å². The zero-order valence-corrected chi connectivity index (χ0v) is 11.4. The molecular weight excluding hydrogens is 266 g/mol. The largest absolute Gasteiger partial charge is 0.395 e. The van der Waals surface area contributed by atoms with E-state index < -0.39 is 0 Å². The van der Waals surface area contributed by atoms with E-state index >= 15 is 0 Å². The summed E-state index contributed by atoms with van der Waals surface area (Å²) in [5.41, 5.74) is 2.04. The Morgan fingerprint density at radius 2 is 2.05 bits per heavy atom. The lowest BCUT2D eigenvalue weighted by Crippen LogP contribution is -2.23. The summed E-state index contributed by atoms with van der Waals surface area (Å²) in [5, 5.41) is 11.4. The average Bonchev–Trinajstić information content (AvgIpc) is 2.54. The number of hydrogen-bond donors (Lipinski definition) is 2. The van der Waals surface area contributed by atoms with Gasteiger partial charge in [0.1, 0.15) is 5.69 Å². The van der Waals surface area contributed by atoms with Crippen molar-refractivity contribution in [1.29, 1.82) is 0 Å². The van der Waals surface area contributed by atoms with E-state index in [0.717, 1.165) is 5.56 Å². The number of aromatic nitrogens is 2. The van der Waals surface area contributed by atoms with Crippen LogP contribution in [-0.4, -0.2) is 27.6 Å². The molecule has 5 heteroatoms. The Balaban J connectivity index is 1.92. The molecule has 0 radical (unpaired) electrons. The van der Waals surface area contributed by atoms with E-state index in [-0.39, 0.29) is 12.5 Å². The molecule has 0 aliphatic heterocycles. The Hall–Kier alpha value is -2.71. The van der Waals surface area contributed by atoms with E-state index in [4.69, 9.17) is 5.11 Å². The minimum atomic E-state index is -0.235. The number of aliphatic hydroxyl groups excluding tert-OH is 1. The van der Waals surface area contributed by atoms with Gasteiger partial charge in [-0.25, -0.2) is 4.98 Å². The molecule has 2 heterocycles. The molecule has 1 amide bonds. The maximum absolute atomic E-state index is 11.9. The van der Waals surface area contributed by atoms with Crippen LogP contribution in [0.1, 0.15) is 28.0 Å². The van der Waals surface area contributed by atoms with E-state index in [0.29, 0.717) is 24.2 Å². The fourth-order valence-corrected chi connectivity index (χ4v) is 1.60. The highest BCUT2D eigenvalue weighted by molar-refractivity contribution is 5.92. The van der Waals surface area contributed by atoms with Gasteiger partial charge in [0, 0.05) is 37.1 Å². The maximum atomic E-state index is 11.9. The molecule has 0 saturated heterocycles. The first-order valence-electron chi connectivity index (χ1n) is 6.52. The van der Waals surface area contributed by atoms with E-state index in [1.165, 1.54) is 0 Å². The Morgan fingerprint density at radius 3 is 2.71 bits per heavy atom.